The molecule has 4 rings (SSSR count). The minimum Gasteiger partial charge on any atom is -0.332 e. The number of hydrogen-bond acceptors (Lipinski definition) is 8. The van der Waals surface area contributed by atoms with Gasteiger partial charge in [-0.25, -0.2) is 4.99 Å². The largest absolute Gasteiger partial charge is 0.332 e. The van der Waals surface area contributed by atoms with Crippen LogP contribution in [0.4, 0.5) is 5.00 Å². The van der Waals surface area contributed by atoms with Gasteiger partial charge in [0.25, 0.3) is 0 Å². The molecule has 152 valence electrons. The normalized spacial score (nSPS) is 21.6. The highest BCUT2D eigenvalue weighted by Gasteiger charge is 2.23. The van der Waals surface area contributed by atoms with Gasteiger partial charge in [-0.1, -0.05) is 0 Å². The fraction of sp³-hybridized carbons (Fsp3) is 0.400. The van der Waals surface area contributed by atoms with Gasteiger partial charge < -0.3 is 16.0 Å². The highest BCUT2D eigenvalue weighted by molar-refractivity contribution is 7.10. The van der Waals surface area contributed by atoms with E-state index in [2.05, 4.69) is 36.5 Å². The third-order valence-corrected chi connectivity index (χ3v) is 5.71. The molecule has 3 N–H and O–H groups in total. The average molecular weight is 411 g/mol. The fourth-order valence-corrected chi connectivity index (χ4v) is 4.20. The number of rotatable bonds is 5. The Morgan fingerprint density at radius 3 is 3.00 bits per heavy atom. The van der Waals surface area contributed by atoms with Crippen molar-refractivity contribution in [1.29, 1.82) is 0 Å². The minimum atomic E-state index is 0.384. The summed E-state index contributed by atoms with van der Waals surface area (Å²) in [6.45, 7) is 4.01. The third kappa shape index (κ3) is 4.63. The zero-order valence-corrected chi connectivity index (χ0v) is 17.8. The molecule has 1 saturated heterocycles. The Bertz CT molecular complexity index is 988. The van der Waals surface area contributed by atoms with Gasteiger partial charge in [-0.2, -0.15) is 9.47 Å². The Morgan fingerprint density at radius 2 is 2.34 bits per heavy atom. The van der Waals surface area contributed by atoms with Crippen LogP contribution >= 0.6 is 11.5 Å². The van der Waals surface area contributed by atoms with Crippen LogP contribution in [0.5, 0.6) is 0 Å². The molecule has 0 aliphatic carbocycles. The summed E-state index contributed by atoms with van der Waals surface area (Å²) in [4.78, 5) is 9.25. The Morgan fingerprint density at radius 1 is 1.45 bits per heavy atom. The molecule has 2 aliphatic heterocycles. The molecule has 0 saturated carbocycles. The van der Waals surface area contributed by atoms with Gasteiger partial charge in [0, 0.05) is 56.2 Å². The summed E-state index contributed by atoms with van der Waals surface area (Å²) in [7, 11) is 3.68. The summed E-state index contributed by atoms with van der Waals surface area (Å²) in [6, 6.07) is 2.04. The molecule has 0 spiro atoms. The smallest absolute Gasteiger partial charge is 0.141 e. The Labute approximate surface area is 174 Å². The van der Waals surface area contributed by atoms with Crippen LogP contribution in [0.25, 0.3) is 5.57 Å². The molecule has 1 fully saturated rings. The first-order chi connectivity index (χ1) is 14.1. The maximum absolute atomic E-state index is 5.00. The van der Waals surface area contributed by atoms with Gasteiger partial charge in [0.15, 0.2) is 0 Å². The van der Waals surface area contributed by atoms with Gasteiger partial charge in [0.1, 0.15) is 16.6 Å². The Kier molecular flexibility index (Phi) is 5.86. The monoisotopic (exact) mass is 410 g/mol. The van der Waals surface area contributed by atoms with Crippen molar-refractivity contribution in [2.24, 2.45) is 23.0 Å². The summed E-state index contributed by atoms with van der Waals surface area (Å²) >= 11 is 1.45. The van der Waals surface area contributed by atoms with Crippen molar-refractivity contribution in [3.05, 3.63) is 47.4 Å². The lowest BCUT2D eigenvalue weighted by atomic mass is 9.93. The molecule has 1 atom stereocenters. The number of allylic oxidation sites excluding steroid dienone is 2. The lowest BCUT2D eigenvalue weighted by molar-refractivity contribution is 0.458. The predicted molar refractivity (Wildman–Crippen MR) is 119 cm³/mol. The lowest BCUT2D eigenvalue weighted by Crippen LogP contribution is -2.36. The Hall–Kier alpha value is -2.78. The number of aryl methyl sites for hydroxylation is 2. The standard InChI is InChI=1S/C20H26N8S/c1-13-7-19(29-27-13)25-18-8-17(14-5-4-6-22-9-14)24-20(26-18)16(11-21-2)15-10-23-28(3)12-15/h7-8,10-12,14,22,25-26H,4-6,9H2,1-3H3/b20-16+,21-11-. The first-order valence-corrected chi connectivity index (χ1v) is 10.5. The van der Waals surface area contributed by atoms with Gasteiger partial charge in [0.05, 0.1) is 17.6 Å². The van der Waals surface area contributed by atoms with E-state index in [1.165, 1.54) is 11.5 Å². The molecular weight excluding hydrogens is 384 g/mol. The molecule has 8 nitrogen and oxygen atoms in total. The van der Waals surface area contributed by atoms with Crippen molar-refractivity contribution in [1.82, 2.24) is 24.8 Å². The van der Waals surface area contributed by atoms with Crippen LogP contribution in [-0.2, 0) is 7.05 Å². The number of piperidine rings is 1. The topological polar surface area (TPSA) is 91.5 Å². The van der Waals surface area contributed by atoms with Crippen LogP contribution in [-0.4, -0.2) is 46.2 Å². The molecule has 2 aromatic rings. The number of anilines is 1. The predicted octanol–water partition coefficient (Wildman–Crippen LogP) is 2.55. The zero-order chi connectivity index (χ0) is 20.2. The average Bonchev–Trinajstić information content (AvgIpc) is 3.34. The molecule has 0 aromatic carbocycles. The second-order valence-electron chi connectivity index (χ2n) is 7.27. The second kappa shape index (κ2) is 8.71. The van der Waals surface area contributed by atoms with E-state index in [0.29, 0.717) is 5.92 Å². The molecule has 1 unspecified atom stereocenters. The molecule has 2 aliphatic rings. The van der Waals surface area contributed by atoms with Crippen molar-refractivity contribution in [3.63, 3.8) is 0 Å². The van der Waals surface area contributed by atoms with Gasteiger partial charge in [-0.3, -0.25) is 9.67 Å². The third-order valence-electron chi connectivity index (χ3n) is 4.92. The van der Waals surface area contributed by atoms with Gasteiger partial charge in [0.2, 0.25) is 0 Å². The van der Waals surface area contributed by atoms with E-state index in [1.807, 2.05) is 38.6 Å². The first kappa shape index (κ1) is 19.5. The molecule has 4 heterocycles. The summed E-state index contributed by atoms with van der Waals surface area (Å²) in [5.41, 5.74) is 3.96. The van der Waals surface area contributed by atoms with Crippen molar-refractivity contribution in [3.8, 4) is 0 Å². The molecule has 2 aromatic heterocycles. The second-order valence-corrected chi connectivity index (χ2v) is 8.08. The number of nitrogens with zero attached hydrogens (tertiary/aromatic N) is 5. The number of aliphatic imine (C=N–C) groups is 2. The van der Waals surface area contributed by atoms with E-state index >= 15 is 0 Å². The summed E-state index contributed by atoms with van der Waals surface area (Å²) in [5, 5.41) is 15.7. The van der Waals surface area contributed by atoms with E-state index in [-0.39, 0.29) is 0 Å². The van der Waals surface area contributed by atoms with Crippen molar-refractivity contribution < 1.29 is 0 Å². The van der Waals surface area contributed by atoms with Crippen LogP contribution in [0, 0.1) is 12.8 Å². The van der Waals surface area contributed by atoms with Crippen molar-refractivity contribution >= 4 is 34.0 Å². The lowest BCUT2D eigenvalue weighted by Gasteiger charge is -2.27. The summed E-state index contributed by atoms with van der Waals surface area (Å²) in [6.07, 6.45) is 10.0. The van der Waals surface area contributed by atoms with Gasteiger partial charge in [-0.05, 0) is 43.9 Å². The van der Waals surface area contributed by atoms with Crippen molar-refractivity contribution in [2.75, 3.05) is 25.5 Å². The number of hydrogen-bond donors (Lipinski definition) is 3. The van der Waals surface area contributed by atoms with Crippen LogP contribution in [0.3, 0.4) is 0 Å². The van der Waals surface area contributed by atoms with Gasteiger partial charge >= 0.3 is 0 Å². The minimum absolute atomic E-state index is 0.384. The number of aromatic nitrogens is 3. The Balaban J connectivity index is 1.73. The van der Waals surface area contributed by atoms with E-state index < -0.39 is 0 Å². The molecule has 0 radical (unpaired) electrons. The SMILES string of the molecule is C/N=C\C(=C1\N=C(C2CCCNC2)C=C(Nc2cc(C)ns2)N1)c1cnn(C)c1. The highest BCUT2D eigenvalue weighted by atomic mass is 32.1. The van der Waals surface area contributed by atoms with Crippen LogP contribution < -0.4 is 16.0 Å². The van der Waals surface area contributed by atoms with Crippen LogP contribution in [0.1, 0.15) is 24.1 Å². The highest BCUT2D eigenvalue weighted by Crippen LogP contribution is 2.25. The van der Waals surface area contributed by atoms with Crippen LogP contribution in [0.2, 0.25) is 0 Å². The first-order valence-electron chi connectivity index (χ1n) is 9.76. The molecular formula is C20H26N8S. The van der Waals surface area contributed by atoms with Crippen LogP contribution in [0.15, 0.2) is 46.2 Å². The molecule has 29 heavy (non-hydrogen) atoms. The maximum atomic E-state index is 5.00. The fourth-order valence-electron chi connectivity index (χ4n) is 3.53. The van der Waals surface area contributed by atoms with E-state index in [1.54, 1.807) is 11.7 Å². The van der Waals surface area contributed by atoms with Gasteiger partial charge in [-0.15, -0.1) is 0 Å². The maximum Gasteiger partial charge on any atom is 0.141 e. The van der Waals surface area contributed by atoms with E-state index in [4.69, 9.17) is 4.99 Å². The summed E-state index contributed by atoms with van der Waals surface area (Å²) < 4.78 is 6.15. The van der Waals surface area contributed by atoms with E-state index in [0.717, 1.165) is 65.1 Å². The summed E-state index contributed by atoms with van der Waals surface area (Å²) in [5.74, 6) is 2.05. The molecule has 9 heteroatoms. The van der Waals surface area contributed by atoms with E-state index in [9.17, 15) is 0 Å². The molecule has 0 bridgehead atoms. The zero-order valence-electron chi connectivity index (χ0n) is 16.9. The van der Waals surface area contributed by atoms with Crippen molar-refractivity contribution in [2.45, 2.75) is 19.8 Å². The molecule has 0 amide bonds. The quantitative estimate of drug-likeness (QED) is 0.659. The number of nitrogens with one attached hydrogen (secondary N) is 3.